The van der Waals surface area contributed by atoms with Crippen molar-refractivity contribution >= 4 is 11.8 Å². The molecule has 1 fully saturated rings. The molecule has 1 aliphatic heterocycles. The van der Waals surface area contributed by atoms with Gasteiger partial charge in [0.15, 0.2) is 0 Å². The van der Waals surface area contributed by atoms with Crippen LogP contribution >= 0.6 is 11.8 Å². The molecule has 0 spiro atoms. The van der Waals surface area contributed by atoms with Crippen LogP contribution in [0.2, 0.25) is 0 Å². The maximum Gasteiger partial charge on any atom is 0.0757 e. The van der Waals surface area contributed by atoms with Gasteiger partial charge in [-0.05, 0) is 19.8 Å². The van der Waals surface area contributed by atoms with Gasteiger partial charge < -0.3 is 5.11 Å². The van der Waals surface area contributed by atoms with Gasteiger partial charge >= 0.3 is 0 Å². The van der Waals surface area contributed by atoms with E-state index in [0.29, 0.717) is 5.25 Å². The van der Waals surface area contributed by atoms with E-state index >= 15 is 0 Å². The van der Waals surface area contributed by atoms with Crippen LogP contribution < -0.4 is 0 Å². The highest BCUT2D eigenvalue weighted by atomic mass is 32.2. The van der Waals surface area contributed by atoms with Gasteiger partial charge in [0.05, 0.1) is 5.60 Å². The molecule has 0 aromatic heterocycles. The summed E-state index contributed by atoms with van der Waals surface area (Å²) < 4.78 is 0. The number of aliphatic hydroxyl groups is 1. The SMILES string of the molecule is CC#CCCC1(O)CSC(C)C1. The Morgan fingerprint density at radius 3 is 2.92 bits per heavy atom. The highest BCUT2D eigenvalue weighted by Crippen LogP contribution is 2.36. The van der Waals surface area contributed by atoms with Crippen LogP contribution in [0.5, 0.6) is 0 Å². The molecule has 1 nitrogen and oxygen atoms in total. The van der Waals surface area contributed by atoms with Crippen LogP contribution in [-0.2, 0) is 0 Å². The van der Waals surface area contributed by atoms with Crippen LogP contribution in [0.3, 0.4) is 0 Å². The first-order chi connectivity index (χ1) is 5.66. The largest absolute Gasteiger partial charge is 0.389 e. The molecule has 2 unspecified atom stereocenters. The maximum absolute atomic E-state index is 10.00. The van der Waals surface area contributed by atoms with Gasteiger partial charge in [-0.25, -0.2) is 0 Å². The highest BCUT2D eigenvalue weighted by Gasteiger charge is 2.34. The fraction of sp³-hybridized carbons (Fsp3) is 0.800. The number of hydrogen-bond donors (Lipinski definition) is 1. The summed E-state index contributed by atoms with van der Waals surface area (Å²) >= 11 is 1.86. The van der Waals surface area contributed by atoms with Gasteiger partial charge in [0.2, 0.25) is 0 Å². The van der Waals surface area contributed by atoms with Gasteiger partial charge in [-0.2, -0.15) is 11.8 Å². The third-order valence-electron chi connectivity index (χ3n) is 2.20. The Kier molecular flexibility index (Phi) is 3.49. The molecule has 0 aromatic carbocycles. The summed E-state index contributed by atoms with van der Waals surface area (Å²) in [6.45, 7) is 4.02. The average Bonchev–Trinajstić information content (AvgIpc) is 2.32. The molecule has 0 bridgehead atoms. The standard InChI is InChI=1S/C10H16OS/c1-3-4-5-6-10(11)7-9(2)12-8-10/h9,11H,5-8H2,1-2H3. The molecule has 1 N–H and O–H groups in total. The van der Waals surface area contributed by atoms with Crippen molar-refractivity contribution in [3.05, 3.63) is 0 Å². The van der Waals surface area contributed by atoms with E-state index in [1.807, 2.05) is 18.7 Å². The van der Waals surface area contributed by atoms with Crippen molar-refractivity contribution in [1.29, 1.82) is 0 Å². The summed E-state index contributed by atoms with van der Waals surface area (Å²) in [5.74, 6) is 6.74. The molecule has 12 heavy (non-hydrogen) atoms. The minimum absolute atomic E-state index is 0.423. The lowest BCUT2D eigenvalue weighted by atomic mass is 9.95. The van der Waals surface area contributed by atoms with Gasteiger partial charge in [-0.1, -0.05) is 6.92 Å². The van der Waals surface area contributed by atoms with Gasteiger partial charge in [0, 0.05) is 17.4 Å². The highest BCUT2D eigenvalue weighted by molar-refractivity contribution is 8.00. The number of rotatable bonds is 2. The molecule has 2 heteroatoms. The van der Waals surface area contributed by atoms with E-state index in [-0.39, 0.29) is 0 Å². The van der Waals surface area contributed by atoms with E-state index in [1.54, 1.807) is 0 Å². The molecule has 68 valence electrons. The zero-order valence-electron chi connectivity index (χ0n) is 7.76. The zero-order valence-corrected chi connectivity index (χ0v) is 8.58. The second kappa shape index (κ2) is 4.20. The van der Waals surface area contributed by atoms with Crippen molar-refractivity contribution in [1.82, 2.24) is 0 Å². The Morgan fingerprint density at radius 2 is 2.42 bits per heavy atom. The molecule has 1 saturated heterocycles. The van der Waals surface area contributed by atoms with Gasteiger partial charge in [-0.3, -0.25) is 0 Å². The molecule has 2 atom stereocenters. The average molecular weight is 184 g/mol. The maximum atomic E-state index is 10.00. The molecule has 0 amide bonds. The lowest BCUT2D eigenvalue weighted by molar-refractivity contribution is 0.0563. The lowest BCUT2D eigenvalue weighted by Gasteiger charge is -2.19. The summed E-state index contributed by atoms with van der Waals surface area (Å²) in [6.07, 6.45) is 2.61. The molecule has 0 radical (unpaired) electrons. The van der Waals surface area contributed by atoms with Crippen molar-refractivity contribution in [3.8, 4) is 11.8 Å². The summed E-state index contributed by atoms with van der Waals surface area (Å²) in [7, 11) is 0. The van der Waals surface area contributed by atoms with E-state index in [4.69, 9.17) is 0 Å². The van der Waals surface area contributed by atoms with Crippen LogP contribution in [0.15, 0.2) is 0 Å². The summed E-state index contributed by atoms with van der Waals surface area (Å²) in [5.41, 5.74) is -0.423. The summed E-state index contributed by atoms with van der Waals surface area (Å²) in [5, 5.41) is 10.6. The molecule has 1 aliphatic rings. The van der Waals surface area contributed by atoms with Crippen molar-refractivity contribution in [2.75, 3.05) is 5.75 Å². The van der Waals surface area contributed by atoms with Crippen LogP contribution in [0.4, 0.5) is 0 Å². The molecular formula is C10H16OS. The monoisotopic (exact) mass is 184 g/mol. The van der Waals surface area contributed by atoms with Gasteiger partial charge in [-0.15, -0.1) is 11.8 Å². The third-order valence-corrected chi connectivity index (χ3v) is 3.64. The Bertz CT molecular complexity index is 204. The Labute approximate surface area is 78.9 Å². The minimum atomic E-state index is -0.423. The fourth-order valence-electron chi connectivity index (χ4n) is 1.54. The number of hydrogen-bond acceptors (Lipinski definition) is 2. The molecular weight excluding hydrogens is 168 g/mol. The summed E-state index contributed by atoms with van der Waals surface area (Å²) in [6, 6.07) is 0. The second-order valence-corrected chi connectivity index (χ2v) is 4.90. The van der Waals surface area contributed by atoms with Crippen molar-refractivity contribution < 1.29 is 5.11 Å². The van der Waals surface area contributed by atoms with Crippen LogP contribution in [-0.4, -0.2) is 21.7 Å². The number of thioether (sulfide) groups is 1. The minimum Gasteiger partial charge on any atom is -0.389 e. The van der Waals surface area contributed by atoms with E-state index in [0.717, 1.165) is 25.0 Å². The Morgan fingerprint density at radius 1 is 1.67 bits per heavy atom. The second-order valence-electron chi connectivity index (χ2n) is 3.48. The first kappa shape index (κ1) is 9.95. The molecule has 0 saturated carbocycles. The molecule has 1 rings (SSSR count). The van der Waals surface area contributed by atoms with E-state index < -0.39 is 5.60 Å². The van der Waals surface area contributed by atoms with Crippen LogP contribution in [0.25, 0.3) is 0 Å². The molecule has 1 heterocycles. The predicted octanol–water partition coefficient (Wildman–Crippen LogP) is 2.05. The van der Waals surface area contributed by atoms with E-state index in [9.17, 15) is 5.11 Å². The van der Waals surface area contributed by atoms with Crippen molar-refractivity contribution in [2.24, 2.45) is 0 Å². The van der Waals surface area contributed by atoms with E-state index in [2.05, 4.69) is 18.8 Å². The molecule has 0 aliphatic carbocycles. The molecule has 0 aromatic rings. The lowest BCUT2D eigenvalue weighted by Crippen LogP contribution is -2.28. The van der Waals surface area contributed by atoms with Crippen LogP contribution in [0.1, 0.15) is 33.1 Å². The normalized spacial score (nSPS) is 34.4. The fourth-order valence-corrected chi connectivity index (χ4v) is 2.83. The zero-order chi connectivity index (χ0) is 9.03. The topological polar surface area (TPSA) is 20.2 Å². The van der Waals surface area contributed by atoms with Crippen LogP contribution in [0, 0.1) is 11.8 Å². The third kappa shape index (κ3) is 2.73. The first-order valence-electron chi connectivity index (χ1n) is 4.40. The predicted molar refractivity (Wildman–Crippen MR) is 54.2 cm³/mol. The Balaban J connectivity index is 2.33. The Hall–Kier alpha value is -0.130. The van der Waals surface area contributed by atoms with Gasteiger partial charge in [0.25, 0.3) is 0 Å². The van der Waals surface area contributed by atoms with Crippen molar-refractivity contribution in [2.45, 2.75) is 44.0 Å². The quantitative estimate of drug-likeness (QED) is 0.663. The van der Waals surface area contributed by atoms with Gasteiger partial charge in [0.1, 0.15) is 0 Å². The van der Waals surface area contributed by atoms with Crippen molar-refractivity contribution in [3.63, 3.8) is 0 Å². The smallest absolute Gasteiger partial charge is 0.0757 e. The summed E-state index contributed by atoms with van der Waals surface area (Å²) in [4.78, 5) is 0. The van der Waals surface area contributed by atoms with E-state index in [1.165, 1.54) is 0 Å². The first-order valence-corrected chi connectivity index (χ1v) is 5.45.